The molecule has 1 unspecified atom stereocenters. The number of carbonyl (C=O) groups is 2. The SMILES string of the molecule is CC(=O)O[C@@H]1C[C@H](O)[C@@]2(C)C3[C@@H](OC[C@@]31C)[C@@H](OC(=O)c1ccccc1)[C@@]1(C)C3=C(C)[C@H](c4ccoc4)C[C@@H]3O[C@@H](O)C[C@@H]12. The van der Waals surface area contributed by atoms with Crippen LogP contribution in [-0.4, -0.2) is 65.6 Å². The minimum atomic E-state index is -1.09. The molecule has 3 aliphatic carbocycles. The van der Waals surface area contributed by atoms with Crippen LogP contribution in [0.4, 0.5) is 0 Å². The van der Waals surface area contributed by atoms with Crippen molar-refractivity contribution >= 4 is 11.9 Å². The van der Waals surface area contributed by atoms with Crippen molar-refractivity contribution in [1.29, 1.82) is 0 Å². The number of aliphatic hydroxyl groups is 2. The van der Waals surface area contributed by atoms with Crippen molar-refractivity contribution in [2.24, 2.45) is 28.1 Å². The molecule has 236 valence electrons. The maximum Gasteiger partial charge on any atom is 0.338 e. The Morgan fingerprint density at radius 2 is 1.75 bits per heavy atom. The van der Waals surface area contributed by atoms with Gasteiger partial charge in [0.1, 0.15) is 12.2 Å². The van der Waals surface area contributed by atoms with Crippen LogP contribution >= 0.6 is 0 Å². The highest BCUT2D eigenvalue weighted by Gasteiger charge is 2.77. The third-order valence-electron chi connectivity index (χ3n) is 12.1. The van der Waals surface area contributed by atoms with Crippen LogP contribution in [0, 0.1) is 28.1 Å². The fourth-order valence-corrected chi connectivity index (χ4v) is 10.3. The molecule has 12 atom stereocenters. The van der Waals surface area contributed by atoms with Crippen molar-refractivity contribution in [3.63, 3.8) is 0 Å². The number of hydrogen-bond acceptors (Lipinski definition) is 9. The first-order valence-electron chi connectivity index (χ1n) is 15.7. The molecule has 44 heavy (non-hydrogen) atoms. The summed E-state index contributed by atoms with van der Waals surface area (Å²) in [5.41, 5.74) is 1.21. The quantitative estimate of drug-likeness (QED) is 0.374. The second kappa shape index (κ2) is 10.3. The topological polar surface area (TPSA) is 125 Å². The number of furan rings is 1. The van der Waals surface area contributed by atoms with Gasteiger partial charge in [0.15, 0.2) is 6.29 Å². The van der Waals surface area contributed by atoms with Gasteiger partial charge in [-0.1, -0.05) is 44.5 Å². The van der Waals surface area contributed by atoms with Crippen molar-refractivity contribution in [2.75, 3.05) is 6.61 Å². The highest BCUT2D eigenvalue weighted by Crippen LogP contribution is 2.72. The van der Waals surface area contributed by atoms with Crippen LogP contribution in [0.15, 0.2) is 64.5 Å². The summed E-state index contributed by atoms with van der Waals surface area (Å²) in [5.74, 6) is -1.60. The van der Waals surface area contributed by atoms with Crippen molar-refractivity contribution in [2.45, 2.75) is 96.6 Å². The molecule has 1 aromatic carbocycles. The minimum absolute atomic E-state index is 0.00748. The van der Waals surface area contributed by atoms with Crippen LogP contribution in [-0.2, 0) is 23.7 Å². The molecule has 7 rings (SSSR count). The summed E-state index contributed by atoms with van der Waals surface area (Å²) < 4.78 is 31.0. The summed E-state index contributed by atoms with van der Waals surface area (Å²) in [7, 11) is 0. The van der Waals surface area contributed by atoms with E-state index in [9.17, 15) is 19.8 Å². The molecule has 5 aliphatic rings. The molecule has 0 radical (unpaired) electrons. The second-order valence-electron chi connectivity index (χ2n) is 14.3. The Morgan fingerprint density at radius 1 is 1.00 bits per heavy atom. The van der Waals surface area contributed by atoms with Crippen molar-refractivity contribution < 1.29 is 43.2 Å². The molecule has 0 spiro atoms. The van der Waals surface area contributed by atoms with Gasteiger partial charge in [0, 0.05) is 47.8 Å². The summed E-state index contributed by atoms with van der Waals surface area (Å²) >= 11 is 0. The molecule has 2 saturated heterocycles. The molecule has 9 heteroatoms. The fraction of sp³-hybridized carbons (Fsp3) is 0.600. The third kappa shape index (κ3) is 4.05. The zero-order chi connectivity index (χ0) is 31.2. The number of esters is 2. The van der Waals surface area contributed by atoms with Crippen LogP contribution in [0.25, 0.3) is 0 Å². The van der Waals surface area contributed by atoms with Gasteiger partial charge >= 0.3 is 11.9 Å². The summed E-state index contributed by atoms with van der Waals surface area (Å²) in [4.78, 5) is 26.1. The molecule has 2 saturated carbocycles. The Bertz CT molecular complexity index is 1470. The van der Waals surface area contributed by atoms with Gasteiger partial charge in [-0.15, -0.1) is 0 Å². The summed E-state index contributed by atoms with van der Waals surface area (Å²) in [6.07, 6.45) is 0.148. The van der Waals surface area contributed by atoms with E-state index in [1.54, 1.807) is 36.8 Å². The Balaban J connectivity index is 1.43. The van der Waals surface area contributed by atoms with Gasteiger partial charge < -0.3 is 33.6 Å². The van der Waals surface area contributed by atoms with Gasteiger partial charge in [-0.05, 0) is 48.6 Å². The van der Waals surface area contributed by atoms with Crippen LogP contribution in [0.1, 0.15) is 75.7 Å². The van der Waals surface area contributed by atoms with E-state index in [0.717, 1.165) is 16.7 Å². The molecule has 4 fully saturated rings. The predicted octanol–water partition coefficient (Wildman–Crippen LogP) is 4.78. The summed E-state index contributed by atoms with van der Waals surface area (Å²) in [5, 5.41) is 23.6. The molecule has 0 bridgehead atoms. The lowest BCUT2D eigenvalue weighted by Crippen LogP contribution is -2.72. The zero-order valence-corrected chi connectivity index (χ0v) is 25.9. The van der Waals surface area contributed by atoms with E-state index >= 15 is 0 Å². The van der Waals surface area contributed by atoms with Crippen molar-refractivity contribution in [1.82, 2.24) is 0 Å². The molecule has 3 heterocycles. The maximum atomic E-state index is 13.9. The van der Waals surface area contributed by atoms with E-state index in [1.165, 1.54) is 6.92 Å². The van der Waals surface area contributed by atoms with E-state index in [1.807, 2.05) is 12.1 Å². The maximum absolute atomic E-state index is 13.9. The number of ether oxygens (including phenoxy) is 4. The lowest BCUT2D eigenvalue weighted by molar-refractivity contribution is -0.254. The van der Waals surface area contributed by atoms with E-state index in [-0.39, 0.29) is 37.2 Å². The summed E-state index contributed by atoms with van der Waals surface area (Å²) in [6.45, 7) is 9.99. The highest BCUT2D eigenvalue weighted by atomic mass is 16.6. The molecular weight excluding hydrogens is 564 g/mol. The first-order chi connectivity index (χ1) is 20.9. The van der Waals surface area contributed by atoms with Gasteiger partial charge in [-0.2, -0.15) is 0 Å². The number of benzene rings is 1. The monoisotopic (exact) mass is 606 g/mol. The largest absolute Gasteiger partial charge is 0.472 e. The molecule has 2 aromatic rings. The number of carbonyl (C=O) groups excluding carboxylic acids is 2. The van der Waals surface area contributed by atoms with Gasteiger partial charge in [0.2, 0.25) is 0 Å². The molecule has 1 aromatic heterocycles. The highest BCUT2D eigenvalue weighted by molar-refractivity contribution is 5.89. The zero-order valence-electron chi connectivity index (χ0n) is 25.9. The summed E-state index contributed by atoms with van der Waals surface area (Å²) in [6, 6.07) is 10.9. The van der Waals surface area contributed by atoms with Crippen LogP contribution in [0.3, 0.4) is 0 Å². The van der Waals surface area contributed by atoms with E-state index < -0.39 is 65.0 Å². The normalized spacial score (nSPS) is 44.3. The second-order valence-corrected chi connectivity index (χ2v) is 14.3. The van der Waals surface area contributed by atoms with Gasteiger partial charge in [-0.3, -0.25) is 4.79 Å². The standard InChI is InChI=1S/C35H42O9/c1-18-22(21-11-12-40-16-21)13-23-28(18)35(5)24(14-27(38)43-23)34(4)25(37)15-26(42-19(2)36)33(3)17-41-29(30(33)34)31(35)44-32(39)20-9-7-6-8-10-20/h6-12,16,22-27,29-31,37-38H,13-15,17H2,1-5H3/t22-,23+,24-,25+,26-,27-,29-,30?,31-,33-,34+,35-/m1/s1. The van der Waals surface area contributed by atoms with E-state index in [0.29, 0.717) is 12.0 Å². The molecule has 9 nitrogen and oxygen atoms in total. The van der Waals surface area contributed by atoms with Gasteiger partial charge in [0.25, 0.3) is 0 Å². The Hall–Kier alpha value is -2.98. The van der Waals surface area contributed by atoms with Crippen molar-refractivity contribution in [3.05, 3.63) is 71.2 Å². The minimum Gasteiger partial charge on any atom is -0.472 e. The van der Waals surface area contributed by atoms with Crippen LogP contribution in [0.2, 0.25) is 0 Å². The predicted molar refractivity (Wildman–Crippen MR) is 157 cm³/mol. The number of hydrogen-bond donors (Lipinski definition) is 2. The molecular formula is C35H42O9. The van der Waals surface area contributed by atoms with E-state index in [2.05, 4.69) is 27.7 Å². The average Bonchev–Trinajstić information content (AvgIpc) is 3.69. The van der Waals surface area contributed by atoms with Gasteiger partial charge in [-0.25, -0.2) is 4.79 Å². The van der Waals surface area contributed by atoms with Crippen LogP contribution < -0.4 is 0 Å². The first kappa shape index (κ1) is 29.7. The lowest BCUT2D eigenvalue weighted by atomic mass is 9.39. The Kier molecular flexibility index (Phi) is 6.94. The fourth-order valence-electron chi connectivity index (χ4n) is 10.3. The first-order valence-corrected chi connectivity index (χ1v) is 15.7. The molecule has 0 amide bonds. The smallest absolute Gasteiger partial charge is 0.338 e. The lowest BCUT2D eigenvalue weighted by Gasteiger charge is -2.66. The average molecular weight is 607 g/mol. The number of fused-ring (bicyclic) bond motifs is 4. The van der Waals surface area contributed by atoms with E-state index in [4.69, 9.17) is 23.4 Å². The molecule has 2 aliphatic heterocycles. The third-order valence-corrected chi connectivity index (χ3v) is 12.1. The van der Waals surface area contributed by atoms with Crippen molar-refractivity contribution in [3.8, 4) is 0 Å². The number of allylic oxidation sites excluding steroid dienone is 1. The number of rotatable bonds is 4. The van der Waals surface area contributed by atoms with Gasteiger partial charge in [0.05, 0.1) is 43.0 Å². The van der Waals surface area contributed by atoms with Crippen LogP contribution in [0.5, 0.6) is 0 Å². The Labute approximate surface area is 257 Å². The Morgan fingerprint density at radius 3 is 2.43 bits per heavy atom. The molecule has 2 N–H and O–H groups in total. The number of aliphatic hydroxyl groups excluding tert-OH is 2.